The first kappa shape index (κ1) is 21.2. The van der Waals surface area contributed by atoms with Gasteiger partial charge in [0, 0.05) is 36.9 Å². The Morgan fingerprint density at radius 2 is 1.90 bits per heavy atom. The highest BCUT2D eigenvalue weighted by atomic mass is 16.5. The van der Waals surface area contributed by atoms with Crippen LogP contribution in [-0.2, 0) is 4.74 Å². The number of methoxy groups -OCH3 is 1. The van der Waals surface area contributed by atoms with E-state index in [0.29, 0.717) is 5.56 Å². The predicted molar refractivity (Wildman–Crippen MR) is 122 cm³/mol. The average Bonchev–Trinajstić information content (AvgIpc) is 2.83. The molecule has 0 fully saturated rings. The maximum atomic E-state index is 11.7. The first-order valence-electron chi connectivity index (χ1n) is 10.8. The van der Waals surface area contributed by atoms with Gasteiger partial charge >= 0.3 is 5.97 Å². The van der Waals surface area contributed by atoms with Crippen molar-refractivity contribution in [1.82, 2.24) is 15.1 Å². The molecule has 2 aliphatic heterocycles. The Morgan fingerprint density at radius 3 is 2.65 bits per heavy atom. The van der Waals surface area contributed by atoms with Gasteiger partial charge in [0.1, 0.15) is 0 Å². The Morgan fingerprint density at radius 1 is 1.13 bits per heavy atom. The fourth-order valence-corrected chi connectivity index (χ4v) is 4.16. The zero-order valence-electron chi connectivity index (χ0n) is 18.2. The van der Waals surface area contributed by atoms with Crippen LogP contribution in [0.1, 0.15) is 40.9 Å². The van der Waals surface area contributed by atoms with Gasteiger partial charge in [-0.3, -0.25) is 9.80 Å². The van der Waals surface area contributed by atoms with Crippen LogP contribution in [0.3, 0.4) is 0 Å². The smallest absolute Gasteiger partial charge is 0.337 e. The summed E-state index contributed by atoms with van der Waals surface area (Å²) in [6.45, 7) is 6.79. The van der Waals surface area contributed by atoms with Crippen molar-refractivity contribution in [2.45, 2.75) is 19.4 Å². The van der Waals surface area contributed by atoms with Gasteiger partial charge in [0.25, 0.3) is 0 Å². The molecule has 31 heavy (non-hydrogen) atoms. The highest BCUT2D eigenvalue weighted by molar-refractivity contribution is 5.89. The Kier molecular flexibility index (Phi) is 6.71. The predicted octanol–water partition coefficient (Wildman–Crippen LogP) is 3.41. The van der Waals surface area contributed by atoms with Crippen LogP contribution >= 0.6 is 0 Å². The quantitative estimate of drug-likeness (QED) is 0.613. The summed E-state index contributed by atoms with van der Waals surface area (Å²) in [4.78, 5) is 16.5. The minimum Gasteiger partial charge on any atom is -0.465 e. The third-order valence-corrected chi connectivity index (χ3v) is 6.08. The van der Waals surface area contributed by atoms with Crippen molar-refractivity contribution < 1.29 is 9.53 Å². The van der Waals surface area contributed by atoms with E-state index in [9.17, 15) is 4.79 Å². The normalized spacial score (nSPS) is 17.7. The van der Waals surface area contributed by atoms with E-state index in [1.54, 1.807) is 0 Å². The summed E-state index contributed by atoms with van der Waals surface area (Å²) in [5.41, 5.74) is 5.70. The summed E-state index contributed by atoms with van der Waals surface area (Å²) in [5, 5.41) is 3.63. The first-order chi connectivity index (χ1) is 15.1. The number of nitrogens with one attached hydrogen (secondary N) is 1. The van der Waals surface area contributed by atoms with E-state index in [4.69, 9.17) is 4.74 Å². The number of hydrogen-bond acceptors (Lipinski definition) is 5. The second-order valence-corrected chi connectivity index (χ2v) is 8.08. The first-order valence-corrected chi connectivity index (χ1v) is 10.8. The van der Waals surface area contributed by atoms with Crippen molar-refractivity contribution in [2.75, 3.05) is 40.0 Å². The molecule has 0 bridgehead atoms. The molecule has 0 spiro atoms. The molecule has 2 aliphatic rings. The second kappa shape index (κ2) is 9.82. The molecule has 0 radical (unpaired) electrons. The molecule has 1 unspecified atom stereocenters. The van der Waals surface area contributed by atoms with E-state index in [1.165, 1.54) is 23.9 Å². The van der Waals surface area contributed by atoms with Crippen molar-refractivity contribution >= 4 is 5.97 Å². The van der Waals surface area contributed by atoms with E-state index in [0.717, 1.165) is 44.8 Å². The molecule has 2 heterocycles. The molecule has 0 saturated carbocycles. The van der Waals surface area contributed by atoms with E-state index < -0.39 is 0 Å². The van der Waals surface area contributed by atoms with Crippen LogP contribution in [-0.4, -0.2) is 55.7 Å². The molecule has 4 rings (SSSR count). The van der Waals surface area contributed by atoms with E-state index >= 15 is 0 Å². The van der Waals surface area contributed by atoms with Gasteiger partial charge in [-0.05, 0) is 48.7 Å². The summed E-state index contributed by atoms with van der Waals surface area (Å²) in [5.74, 6) is 6.29. The lowest BCUT2D eigenvalue weighted by atomic mass is 10.00. The fourth-order valence-electron chi connectivity index (χ4n) is 4.16. The number of benzene rings is 2. The number of carbonyl (C=O) groups is 1. The van der Waals surface area contributed by atoms with Gasteiger partial charge < -0.3 is 10.1 Å². The van der Waals surface area contributed by atoms with Gasteiger partial charge in [0.15, 0.2) is 0 Å². The van der Waals surface area contributed by atoms with Gasteiger partial charge in [0.2, 0.25) is 0 Å². The van der Waals surface area contributed by atoms with Crippen molar-refractivity contribution in [3.05, 3.63) is 82.6 Å². The van der Waals surface area contributed by atoms with E-state index in [1.807, 2.05) is 54.6 Å². The number of nitrogens with zero attached hydrogens (tertiary/aromatic N) is 2. The number of rotatable bonds is 4. The van der Waals surface area contributed by atoms with Crippen LogP contribution in [0.15, 0.2) is 65.9 Å². The monoisotopic (exact) mass is 415 g/mol. The van der Waals surface area contributed by atoms with E-state index in [-0.39, 0.29) is 12.0 Å². The number of carbonyl (C=O) groups excluding carboxylic acids is 1. The van der Waals surface area contributed by atoms with Crippen molar-refractivity contribution in [1.29, 1.82) is 0 Å². The van der Waals surface area contributed by atoms with Crippen LogP contribution in [0.25, 0.3) is 0 Å². The van der Waals surface area contributed by atoms with E-state index in [2.05, 4.69) is 33.9 Å². The lowest BCUT2D eigenvalue weighted by Gasteiger charge is -2.40. The molecule has 5 nitrogen and oxygen atoms in total. The minimum atomic E-state index is -0.300. The Labute approximate surface area is 184 Å². The average molecular weight is 416 g/mol. The Bertz CT molecular complexity index is 1000. The lowest BCUT2D eigenvalue weighted by molar-refractivity contribution is 0.0600. The number of esters is 1. The maximum absolute atomic E-state index is 11.7. The van der Waals surface area contributed by atoms with Gasteiger partial charge in [-0.15, -0.1) is 0 Å². The summed E-state index contributed by atoms with van der Waals surface area (Å²) in [6, 6.07) is 18.1. The third-order valence-electron chi connectivity index (χ3n) is 6.08. The second-order valence-electron chi connectivity index (χ2n) is 8.08. The van der Waals surface area contributed by atoms with Crippen molar-refractivity contribution in [3.8, 4) is 11.8 Å². The summed E-state index contributed by atoms with van der Waals surface area (Å²) < 4.78 is 4.80. The number of ether oxygens (including phenoxy) is 1. The zero-order chi connectivity index (χ0) is 21.6. The Balaban J connectivity index is 1.36. The lowest BCUT2D eigenvalue weighted by Crippen LogP contribution is -2.47. The molecule has 0 aromatic heterocycles. The van der Waals surface area contributed by atoms with Crippen LogP contribution in [0.5, 0.6) is 0 Å². The largest absolute Gasteiger partial charge is 0.465 e. The van der Waals surface area contributed by atoms with Gasteiger partial charge in [-0.25, -0.2) is 4.79 Å². The zero-order valence-corrected chi connectivity index (χ0v) is 18.2. The molecular weight excluding hydrogens is 386 g/mol. The van der Waals surface area contributed by atoms with Gasteiger partial charge in [-0.2, -0.15) is 0 Å². The highest BCUT2D eigenvalue weighted by Crippen LogP contribution is 2.27. The number of hydrogen-bond donors (Lipinski definition) is 1. The minimum absolute atomic E-state index is 0.251. The summed E-state index contributed by atoms with van der Waals surface area (Å²) in [7, 11) is 1.41. The molecular formula is C26H29N3O2. The maximum Gasteiger partial charge on any atom is 0.337 e. The van der Waals surface area contributed by atoms with Crippen LogP contribution < -0.4 is 5.32 Å². The van der Waals surface area contributed by atoms with Crippen molar-refractivity contribution in [2.24, 2.45) is 0 Å². The summed E-state index contributed by atoms with van der Waals surface area (Å²) in [6.07, 6.45) is 1.05. The topological polar surface area (TPSA) is 44.8 Å². The highest BCUT2D eigenvalue weighted by Gasteiger charge is 2.27. The van der Waals surface area contributed by atoms with Crippen LogP contribution in [0.4, 0.5) is 0 Å². The summed E-state index contributed by atoms with van der Waals surface area (Å²) >= 11 is 0. The molecule has 2 aromatic rings. The fraction of sp³-hybridized carbons (Fsp3) is 0.346. The molecule has 5 heteroatoms. The van der Waals surface area contributed by atoms with Gasteiger partial charge in [-0.1, -0.05) is 42.2 Å². The molecule has 1 atom stereocenters. The molecule has 1 N–H and O–H groups in total. The Hall–Kier alpha value is -3.07. The molecule has 160 valence electrons. The van der Waals surface area contributed by atoms with Crippen LogP contribution in [0.2, 0.25) is 0 Å². The van der Waals surface area contributed by atoms with Crippen LogP contribution in [0, 0.1) is 11.8 Å². The SMILES string of the molecule is COC(=O)c1ccc(C(C)N2CNC3=C(CN(CC#Cc4ccccc4)CC3)C2)cc1. The van der Waals surface area contributed by atoms with Crippen molar-refractivity contribution in [3.63, 3.8) is 0 Å². The molecule has 0 aliphatic carbocycles. The third kappa shape index (κ3) is 5.16. The molecule has 0 saturated heterocycles. The standard InChI is InChI=1S/C26H29N3O2/c1-20(22-10-12-23(13-11-22)26(30)31-2)29-18-24-17-28(16-14-25(24)27-19-29)15-6-9-21-7-4-3-5-8-21/h3-5,7-8,10-13,20,27H,14-19H2,1-2H3. The molecule has 2 aromatic carbocycles. The van der Waals surface area contributed by atoms with Gasteiger partial charge in [0.05, 0.1) is 25.9 Å². The molecule has 0 amide bonds.